The molecule has 0 aliphatic rings. The number of ether oxygens (including phenoxy) is 7. The van der Waals surface area contributed by atoms with Gasteiger partial charge in [0.15, 0.2) is 0 Å². The van der Waals surface area contributed by atoms with Gasteiger partial charge in [-0.15, -0.1) is 0 Å². The number of esters is 3. The summed E-state index contributed by atoms with van der Waals surface area (Å²) in [6, 6.07) is 0. The van der Waals surface area contributed by atoms with Crippen molar-refractivity contribution in [1.29, 1.82) is 0 Å². The van der Waals surface area contributed by atoms with Crippen LogP contribution in [0.15, 0.2) is 24.3 Å². The number of alkyl carbamates (subject to hydrolysis) is 4. The lowest BCUT2D eigenvalue weighted by Crippen LogP contribution is -2.45. The van der Waals surface area contributed by atoms with E-state index in [1.54, 1.807) is 0 Å². The third-order valence-corrected chi connectivity index (χ3v) is 9.78. The van der Waals surface area contributed by atoms with Gasteiger partial charge in [0.2, 0.25) is 0 Å². The van der Waals surface area contributed by atoms with Gasteiger partial charge in [-0.1, -0.05) is 68.5 Å². The molecule has 0 bridgehead atoms. The van der Waals surface area contributed by atoms with Crippen LogP contribution in [-0.4, -0.2) is 115 Å². The zero-order valence-corrected chi connectivity index (χ0v) is 38.0. The molecular weight excluding hydrogens is 784 g/mol. The number of carbonyl (C=O) groups excluding carboxylic acids is 7. The number of rotatable bonds is 27. The summed E-state index contributed by atoms with van der Waals surface area (Å²) in [6.45, 7) is 26.9. The lowest BCUT2D eigenvalue weighted by Gasteiger charge is -2.37. The van der Waals surface area contributed by atoms with Gasteiger partial charge in [-0.2, -0.15) is 0 Å². The van der Waals surface area contributed by atoms with E-state index in [-0.39, 0.29) is 69.2 Å². The van der Waals surface area contributed by atoms with E-state index in [4.69, 9.17) is 33.2 Å². The minimum absolute atomic E-state index is 0.0939. The topological polar surface area (TPSA) is 232 Å². The van der Waals surface area contributed by atoms with Crippen molar-refractivity contribution in [2.75, 3.05) is 72.9 Å². The second-order valence-corrected chi connectivity index (χ2v) is 17.7. The quantitative estimate of drug-likeness (QED) is 0.0323. The third kappa shape index (κ3) is 22.9. The fraction of sp³-hybridized carbons (Fsp3) is 0.738. The molecule has 3 unspecified atom stereocenters. The molecule has 4 amide bonds. The van der Waals surface area contributed by atoms with Crippen molar-refractivity contribution in [3.05, 3.63) is 24.3 Å². The molecule has 0 saturated carbocycles. The first-order chi connectivity index (χ1) is 27.7. The van der Waals surface area contributed by atoms with Crippen molar-refractivity contribution in [3.63, 3.8) is 0 Å². The Balaban J connectivity index is 5.02. The molecule has 60 heavy (non-hydrogen) atoms. The maximum Gasteiger partial charge on any atom is 0.407 e. The Morgan fingerprint density at radius 2 is 0.783 bits per heavy atom. The summed E-state index contributed by atoms with van der Waals surface area (Å²) in [5.74, 6) is -1.88. The molecule has 0 aromatic rings. The largest absolute Gasteiger partial charge is 0.468 e. The fourth-order valence-electron chi connectivity index (χ4n) is 6.10. The van der Waals surface area contributed by atoms with Crippen LogP contribution >= 0.6 is 0 Å². The highest BCUT2D eigenvalue weighted by Gasteiger charge is 2.39. The van der Waals surface area contributed by atoms with Crippen LogP contribution in [-0.2, 0) is 47.5 Å². The predicted molar refractivity (Wildman–Crippen MR) is 223 cm³/mol. The second kappa shape index (κ2) is 25.6. The summed E-state index contributed by atoms with van der Waals surface area (Å²) in [5, 5.41) is 11.0. The maximum absolute atomic E-state index is 12.9. The molecule has 0 aliphatic carbocycles. The van der Waals surface area contributed by atoms with Crippen LogP contribution in [0.3, 0.4) is 0 Å². The first-order valence-corrected chi connectivity index (χ1v) is 20.0. The second-order valence-electron chi connectivity index (χ2n) is 17.7. The average Bonchev–Trinajstić information content (AvgIpc) is 3.18. The lowest BCUT2D eigenvalue weighted by molar-refractivity contribution is -0.157. The van der Waals surface area contributed by atoms with Gasteiger partial charge >= 0.3 is 42.3 Å². The van der Waals surface area contributed by atoms with E-state index in [9.17, 15) is 33.6 Å². The molecule has 0 saturated heterocycles. The zero-order valence-electron chi connectivity index (χ0n) is 38.0. The highest BCUT2D eigenvalue weighted by molar-refractivity contribution is 5.87. The summed E-state index contributed by atoms with van der Waals surface area (Å²) in [7, 11) is 1.18. The van der Waals surface area contributed by atoms with Crippen molar-refractivity contribution in [2.45, 2.75) is 102 Å². The Hall–Kier alpha value is -5.03. The van der Waals surface area contributed by atoms with Crippen LogP contribution in [0.25, 0.3) is 0 Å². The van der Waals surface area contributed by atoms with E-state index < -0.39 is 77.2 Å². The van der Waals surface area contributed by atoms with Crippen LogP contribution < -0.4 is 21.3 Å². The van der Waals surface area contributed by atoms with Crippen molar-refractivity contribution in [2.24, 2.45) is 27.1 Å². The molecule has 0 heterocycles. The zero-order chi connectivity index (χ0) is 46.4. The summed E-state index contributed by atoms with van der Waals surface area (Å²) >= 11 is 0. The summed E-state index contributed by atoms with van der Waals surface area (Å²) in [6.07, 6.45) is -0.322. The van der Waals surface area contributed by atoms with E-state index in [1.807, 2.05) is 55.4 Å². The van der Waals surface area contributed by atoms with Gasteiger partial charge in [0.05, 0.1) is 7.11 Å². The molecule has 18 heteroatoms. The Labute approximate surface area is 355 Å². The minimum Gasteiger partial charge on any atom is -0.468 e. The van der Waals surface area contributed by atoms with E-state index >= 15 is 0 Å². The molecule has 0 aliphatic heterocycles. The molecule has 0 spiro atoms. The standard InChI is InChI=1S/C42H72N4O14/c1-15-40(11,25-45-35(51)58-20-18-56-32(48)30(5)6)22-39(9,10)24-44-36(52)59-27-42(13,33(49)54-14)28-60-37(53)46-26-41(12,16-2)21-38(7,8)23-43-34(50)57-19-17-55-31(47)29(3)4/h3,5,15-28H2,1-2,4,6-14H3,(H,43,50)(H,44,52)(H,45,51)(H,46,53). The molecule has 0 rings (SSSR count). The number of hydrogen-bond acceptors (Lipinski definition) is 14. The minimum atomic E-state index is -1.52. The summed E-state index contributed by atoms with van der Waals surface area (Å²) < 4.78 is 35.7. The number of carbonyl (C=O) groups is 7. The molecular formula is C42H72N4O14. The van der Waals surface area contributed by atoms with Gasteiger partial charge in [-0.05, 0) is 68.1 Å². The van der Waals surface area contributed by atoms with Crippen LogP contribution in [0.2, 0.25) is 0 Å². The SMILES string of the molecule is C=C(C)C(=O)OCCOC(=O)NCC(C)(C)CC(C)(CC)CNC(=O)OCC(C)(COC(=O)NCC(C)(C)CC(C)(CC)CNC(=O)OCCOC(=O)C(=C)C)C(=O)OC. The number of nitrogens with one attached hydrogen (secondary N) is 4. The van der Waals surface area contributed by atoms with E-state index in [2.05, 4.69) is 34.4 Å². The molecule has 3 atom stereocenters. The smallest absolute Gasteiger partial charge is 0.407 e. The molecule has 0 aromatic heterocycles. The molecule has 18 nitrogen and oxygen atoms in total. The van der Waals surface area contributed by atoms with Crippen molar-refractivity contribution < 1.29 is 66.7 Å². The highest BCUT2D eigenvalue weighted by Crippen LogP contribution is 2.37. The molecule has 0 aromatic carbocycles. The van der Waals surface area contributed by atoms with Gasteiger partial charge < -0.3 is 54.4 Å². The Morgan fingerprint density at radius 1 is 0.483 bits per heavy atom. The first kappa shape index (κ1) is 55.0. The van der Waals surface area contributed by atoms with Crippen LogP contribution in [0.4, 0.5) is 19.2 Å². The average molecular weight is 857 g/mol. The van der Waals surface area contributed by atoms with E-state index in [0.29, 0.717) is 25.7 Å². The number of hydrogen-bond donors (Lipinski definition) is 4. The monoisotopic (exact) mass is 857 g/mol. The lowest BCUT2D eigenvalue weighted by atomic mass is 9.72. The maximum atomic E-state index is 12.9. The van der Waals surface area contributed by atoms with Gasteiger partial charge in [0.1, 0.15) is 45.1 Å². The molecule has 0 radical (unpaired) electrons. The van der Waals surface area contributed by atoms with Crippen LogP contribution in [0, 0.1) is 27.1 Å². The number of methoxy groups -OCH3 is 1. The molecule has 344 valence electrons. The van der Waals surface area contributed by atoms with Crippen molar-refractivity contribution in [1.82, 2.24) is 21.3 Å². The van der Waals surface area contributed by atoms with Crippen molar-refractivity contribution >= 4 is 42.3 Å². The normalized spacial score (nSPS) is 14.3. The Bertz CT molecular complexity index is 1500. The highest BCUT2D eigenvalue weighted by atomic mass is 16.6. The van der Waals surface area contributed by atoms with Gasteiger partial charge in [-0.25, -0.2) is 28.8 Å². The Morgan fingerprint density at radius 3 is 1.08 bits per heavy atom. The van der Waals surface area contributed by atoms with Gasteiger partial charge in [0, 0.05) is 37.3 Å². The molecule has 0 fully saturated rings. The Kier molecular flexibility index (Phi) is 23.4. The van der Waals surface area contributed by atoms with Crippen LogP contribution in [0.1, 0.15) is 102 Å². The third-order valence-electron chi connectivity index (χ3n) is 9.78. The fourth-order valence-corrected chi connectivity index (χ4v) is 6.10. The summed E-state index contributed by atoms with van der Waals surface area (Å²) in [5.41, 5.74) is -2.67. The molecule has 4 N–H and O–H groups in total. The summed E-state index contributed by atoms with van der Waals surface area (Å²) in [4.78, 5) is 85.8. The first-order valence-electron chi connectivity index (χ1n) is 20.0. The van der Waals surface area contributed by atoms with Gasteiger partial charge in [-0.3, -0.25) is 4.79 Å². The van der Waals surface area contributed by atoms with E-state index in [1.165, 1.54) is 27.9 Å². The van der Waals surface area contributed by atoms with E-state index in [0.717, 1.165) is 0 Å². The number of amides is 4. The van der Waals surface area contributed by atoms with Gasteiger partial charge in [0.25, 0.3) is 0 Å². The predicted octanol–water partition coefficient (Wildman–Crippen LogP) is 5.97. The van der Waals surface area contributed by atoms with Crippen molar-refractivity contribution in [3.8, 4) is 0 Å². The van der Waals surface area contributed by atoms with Crippen LogP contribution in [0.5, 0.6) is 0 Å².